The summed E-state index contributed by atoms with van der Waals surface area (Å²) in [5, 5.41) is 9.39. The van der Waals surface area contributed by atoms with E-state index in [0.717, 1.165) is 13.0 Å². The zero-order valence-electron chi connectivity index (χ0n) is 11.4. The lowest BCUT2D eigenvalue weighted by molar-refractivity contribution is -0.139. The fourth-order valence-electron chi connectivity index (χ4n) is 2.39. The van der Waals surface area contributed by atoms with Crippen LogP contribution in [-0.4, -0.2) is 42.4 Å². The summed E-state index contributed by atoms with van der Waals surface area (Å²) in [6.07, 6.45) is -3.36. The van der Waals surface area contributed by atoms with Crippen molar-refractivity contribution in [3.05, 3.63) is 28.2 Å². The Morgan fingerprint density at radius 1 is 1.38 bits per heavy atom. The minimum atomic E-state index is -4.45. The van der Waals surface area contributed by atoms with Crippen molar-refractivity contribution in [2.45, 2.75) is 25.1 Å². The molecule has 1 N–H and O–H groups in total. The Morgan fingerprint density at radius 2 is 2.14 bits per heavy atom. The average molecular weight is 368 g/mol. The summed E-state index contributed by atoms with van der Waals surface area (Å²) >= 11 is 2.92. The van der Waals surface area contributed by atoms with Crippen molar-refractivity contribution < 1.29 is 23.0 Å². The number of ether oxygens (including phenoxy) is 1. The number of β-amino-alcohol motifs (C(OH)–C–C–N with tert-alkyl or cyclic N) is 1. The first-order valence-corrected chi connectivity index (χ1v) is 7.56. The molecule has 1 heterocycles. The van der Waals surface area contributed by atoms with Gasteiger partial charge in [0.1, 0.15) is 11.3 Å². The zero-order chi connectivity index (χ0) is 15.5. The van der Waals surface area contributed by atoms with E-state index in [0.29, 0.717) is 19.5 Å². The first-order chi connectivity index (χ1) is 9.88. The molecule has 0 aliphatic carbocycles. The molecule has 118 valence electrons. The van der Waals surface area contributed by atoms with Crippen LogP contribution in [-0.2, 0) is 6.18 Å². The van der Waals surface area contributed by atoms with Gasteiger partial charge in [0, 0.05) is 24.1 Å². The summed E-state index contributed by atoms with van der Waals surface area (Å²) in [7, 11) is 0. The number of aliphatic hydroxyl groups excluding tert-OH is 1. The van der Waals surface area contributed by atoms with Crippen LogP contribution in [0.25, 0.3) is 0 Å². The minimum absolute atomic E-state index is 0.0184. The molecule has 1 aromatic carbocycles. The number of nitrogens with zero attached hydrogens (tertiary/aromatic N) is 1. The molecule has 1 unspecified atom stereocenters. The molecule has 1 aliphatic heterocycles. The van der Waals surface area contributed by atoms with E-state index in [1.54, 1.807) is 0 Å². The van der Waals surface area contributed by atoms with E-state index in [9.17, 15) is 18.3 Å². The predicted octanol–water partition coefficient (Wildman–Crippen LogP) is 3.30. The summed E-state index contributed by atoms with van der Waals surface area (Å²) in [5.41, 5.74) is -0.776. The standard InChI is InChI=1S/C14H17BrF3NO2/c15-11-3-1-4-12(13(11)14(16,17)18)21-8-2-6-19-7-5-10(20)9-19/h1,3-4,10,20H,2,5-9H2. The van der Waals surface area contributed by atoms with Crippen LogP contribution in [0.15, 0.2) is 22.7 Å². The van der Waals surface area contributed by atoms with Crippen molar-refractivity contribution in [2.24, 2.45) is 0 Å². The number of hydrogen-bond acceptors (Lipinski definition) is 3. The Labute approximate surface area is 129 Å². The Kier molecular flexibility index (Phi) is 5.51. The average Bonchev–Trinajstić information content (AvgIpc) is 2.79. The second-order valence-corrected chi connectivity index (χ2v) is 5.91. The summed E-state index contributed by atoms with van der Waals surface area (Å²) in [6, 6.07) is 4.19. The third-order valence-corrected chi connectivity index (χ3v) is 4.04. The lowest BCUT2D eigenvalue weighted by Crippen LogP contribution is -2.24. The van der Waals surface area contributed by atoms with Crippen LogP contribution in [0.4, 0.5) is 13.2 Å². The number of alkyl halides is 3. The van der Waals surface area contributed by atoms with Crippen molar-refractivity contribution in [3.8, 4) is 5.75 Å². The molecule has 3 nitrogen and oxygen atoms in total. The highest BCUT2D eigenvalue weighted by Gasteiger charge is 2.36. The van der Waals surface area contributed by atoms with Crippen molar-refractivity contribution in [2.75, 3.05) is 26.2 Å². The van der Waals surface area contributed by atoms with Gasteiger partial charge >= 0.3 is 6.18 Å². The highest BCUT2D eigenvalue weighted by molar-refractivity contribution is 9.10. The fourth-order valence-corrected chi connectivity index (χ4v) is 2.96. The minimum Gasteiger partial charge on any atom is -0.493 e. The van der Waals surface area contributed by atoms with Gasteiger partial charge in [0.05, 0.1) is 12.7 Å². The van der Waals surface area contributed by atoms with Gasteiger partial charge in [-0.15, -0.1) is 0 Å². The quantitative estimate of drug-likeness (QED) is 0.810. The van der Waals surface area contributed by atoms with E-state index in [1.165, 1.54) is 18.2 Å². The van der Waals surface area contributed by atoms with E-state index in [1.807, 2.05) is 0 Å². The summed E-state index contributed by atoms with van der Waals surface area (Å²) in [6.45, 7) is 2.38. The van der Waals surface area contributed by atoms with E-state index < -0.39 is 11.7 Å². The van der Waals surface area contributed by atoms with Crippen molar-refractivity contribution in [1.82, 2.24) is 4.90 Å². The Bertz CT molecular complexity index is 482. The first kappa shape index (κ1) is 16.6. The molecule has 0 spiro atoms. The van der Waals surface area contributed by atoms with Gasteiger partial charge in [-0.25, -0.2) is 0 Å². The highest BCUT2D eigenvalue weighted by atomic mass is 79.9. The Balaban J connectivity index is 1.87. The first-order valence-electron chi connectivity index (χ1n) is 6.77. The zero-order valence-corrected chi connectivity index (χ0v) is 13.0. The van der Waals surface area contributed by atoms with Gasteiger partial charge in [-0.1, -0.05) is 22.0 Å². The molecule has 21 heavy (non-hydrogen) atoms. The number of rotatable bonds is 5. The van der Waals surface area contributed by atoms with E-state index in [2.05, 4.69) is 20.8 Å². The van der Waals surface area contributed by atoms with Crippen LogP contribution in [0, 0.1) is 0 Å². The monoisotopic (exact) mass is 367 g/mol. The topological polar surface area (TPSA) is 32.7 Å². The molecule has 0 radical (unpaired) electrons. The molecule has 1 atom stereocenters. The second-order valence-electron chi connectivity index (χ2n) is 5.06. The van der Waals surface area contributed by atoms with Crippen LogP contribution in [0.3, 0.4) is 0 Å². The van der Waals surface area contributed by atoms with Gasteiger partial charge in [0.15, 0.2) is 0 Å². The molecule has 2 rings (SSSR count). The lowest BCUT2D eigenvalue weighted by Gasteiger charge is -2.17. The lowest BCUT2D eigenvalue weighted by atomic mass is 10.2. The number of aliphatic hydroxyl groups is 1. The van der Waals surface area contributed by atoms with Crippen LogP contribution >= 0.6 is 15.9 Å². The molecular weight excluding hydrogens is 351 g/mol. The fraction of sp³-hybridized carbons (Fsp3) is 0.571. The van der Waals surface area contributed by atoms with Gasteiger partial charge in [0.2, 0.25) is 0 Å². The maximum absolute atomic E-state index is 13.0. The molecule has 0 saturated carbocycles. The molecule has 7 heteroatoms. The molecule has 1 aliphatic rings. The van der Waals surface area contributed by atoms with E-state index in [-0.39, 0.29) is 22.9 Å². The summed E-state index contributed by atoms with van der Waals surface area (Å²) < 4.78 is 44.2. The third kappa shape index (κ3) is 4.59. The molecule has 1 fully saturated rings. The molecule has 0 bridgehead atoms. The van der Waals surface area contributed by atoms with Crippen molar-refractivity contribution in [1.29, 1.82) is 0 Å². The summed E-state index contributed by atoms with van der Waals surface area (Å²) in [5.74, 6) is -0.154. The van der Waals surface area contributed by atoms with Gasteiger partial charge in [-0.05, 0) is 25.0 Å². The van der Waals surface area contributed by atoms with E-state index >= 15 is 0 Å². The molecular formula is C14H17BrF3NO2. The highest BCUT2D eigenvalue weighted by Crippen LogP contribution is 2.41. The molecule has 1 saturated heterocycles. The molecule has 1 aromatic rings. The number of hydrogen-bond donors (Lipinski definition) is 1. The largest absolute Gasteiger partial charge is 0.493 e. The Hall–Kier alpha value is -0.790. The van der Waals surface area contributed by atoms with Crippen LogP contribution in [0.5, 0.6) is 5.75 Å². The Morgan fingerprint density at radius 3 is 2.76 bits per heavy atom. The normalized spacial score (nSPS) is 20.0. The smallest absolute Gasteiger partial charge is 0.421 e. The van der Waals surface area contributed by atoms with E-state index in [4.69, 9.17) is 4.74 Å². The SMILES string of the molecule is OC1CCN(CCCOc2cccc(Br)c2C(F)(F)F)C1. The van der Waals surface area contributed by atoms with Crippen LogP contribution in [0.1, 0.15) is 18.4 Å². The third-order valence-electron chi connectivity index (χ3n) is 3.38. The van der Waals surface area contributed by atoms with Crippen molar-refractivity contribution >= 4 is 15.9 Å². The van der Waals surface area contributed by atoms with Gasteiger partial charge in [-0.3, -0.25) is 0 Å². The number of halogens is 4. The maximum Gasteiger partial charge on any atom is 0.421 e. The van der Waals surface area contributed by atoms with Gasteiger partial charge < -0.3 is 14.7 Å². The molecule has 0 aromatic heterocycles. The van der Waals surface area contributed by atoms with Gasteiger partial charge in [0.25, 0.3) is 0 Å². The second kappa shape index (κ2) is 6.98. The van der Waals surface area contributed by atoms with Crippen LogP contribution < -0.4 is 4.74 Å². The number of benzene rings is 1. The number of likely N-dealkylation sites (tertiary alicyclic amines) is 1. The van der Waals surface area contributed by atoms with Gasteiger partial charge in [-0.2, -0.15) is 13.2 Å². The summed E-state index contributed by atoms with van der Waals surface area (Å²) in [4.78, 5) is 2.08. The molecule has 0 amide bonds. The van der Waals surface area contributed by atoms with Crippen LogP contribution in [0.2, 0.25) is 0 Å². The maximum atomic E-state index is 13.0. The van der Waals surface area contributed by atoms with Crippen molar-refractivity contribution in [3.63, 3.8) is 0 Å². The predicted molar refractivity (Wildman–Crippen MR) is 76.3 cm³/mol.